The summed E-state index contributed by atoms with van der Waals surface area (Å²) in [5.41, 5.74) is 1.78. The third-order valence-corrected chi connectivity index (χ3v) is 6.98. The molecule has 6 heteroatoms. The van der Waals surface area contributed by atoms with E-state index in [1.54, 1.807) is 34.5 Å². The van der Waals surface area contributed by atoms with Crippen molar-refractivity contribution in [1.82, 2.24) is 4.31 Å². The number of carbonyl (C=O) groups excluding carboxylic acids is 1. The number of anilines is 1. The zero-order chi connectivity index (χ0) is 16.6. The molecule has 1 fully saturated rings. The monoisotopic (exact) mass is 336 g/mol. The second kappa shape index (κ2) is 6.24. The van der Waals surface area contributed by atoms with Crippen molar-refractivity contribution in [3.8, 4) is 0 Å². The molecule has 1 saturated heterocycles. The van der Waals surface area contributed by atoms with E-state index in [0.29, 0.717) is 17.9 Å². The van der Waals surface area contributed by atoms with E-state index in [1.807, 2.05) is 6.92 Å². The number of aryl methyl sites for hydroxylation is 1. The predicted molar refractivity (Wildman–Crippen MR) is 90.0 cm³/mol. The van der Waals surface area contributed by atoms with Crippen LogP contribution in [0.3, 0.4) is 0 Å². The molecular weight excluding hydrogens is 312 g/mol. The van der Waals surface area contributed by atoms with Crippen LogP contribution >= 0.6 is 0 Å². The third kappa shape index (κ3) is 3.02. The first-order valence-electron chi connectivity index (χ1n) is 8.32. The number of nitrogens with zero attached hydrogens (tertiary/aromatic N) is 2. The van der Waals surface area contributed by atoms with E-state index >= 15 is 0 Å². The summed E-state index contributed by atoms with van der Waals surface area (Å²) < 4.78 is 27.5. The van der Waals surface area contributed by atoms with E-state index in [-0.39, 0.29) is 11.9 Å². The normalized spacial score (nSPS) is 23.5. The van der Waals surface area contributed by atoms with Gasteiger partial charge in [-0.05, 0) is 56.4 Å². The van der Waals surface area contributed by atoms with Crippen molar-refractivity contribution in [1.29, 1.82) is 0 Å². The van der Waals surface area contributed by atoms with Crippen LogP contribution in [0.2, 0.25) is 0 Å². The lowest BCUT2D eigenvalue weighted by Gasteiger charge is -2.32. The van der Waals surface area contributed by atoms with Crippen LogP contribution < -0.4 is 4.90 Å². The van der Waals surface area contributed by atoms with Gasteiger partial charge >= 0.3 is 0 Å². The fourth-order valence-corrected chi connectivity index (χ4v) is 5.30. The van der Waals surface area contributed by atoms with Crippen molar-refractivity contribution in [2.75, 3.05) is 18.5 Å². The maximum absolute atomic E-state index is 13.0. The Morgan fingerprint density at radius 2 is 1.91 bits per heavy atom. The number of fused-ring (bicyclic) bond motifs is 1. The van der Waals surface area contributed by atoms with Gasteiger partial charge in [-0.25, -0.2) is 8.42 Å². The number of carbonyl (C=O) groups is 1. The van der Waals surface area contributed by atoms with E-state index in [4.69, 9.17) is 0 Å². The Bertz CT molecular complexity index is 715. The SMILES string of the molecule is C[C@@H]1CCCCN1S(=O)(=O)c1ccc2c(c1)CCCC(=O)N2C. The second-order valence-electron chi connectivity index (χ2n) is 6.56. The zero-order valence-corrected chi connectivity index (χ0v) is 14.6. The van der Waals surface area contributed by atoms with Crippen molar-refractivity contribution < 1.29 is 13.2 Å². The lowest BCUT2D eigenvalue weighted by molar-refractivity contribution is -0.118. The predicted octanol–water partition coefficient (Wildman–Crippen LogP) is 2.55. The van der Waals surface area contributed by atoms with Crippen LogP contribution in [0.5, 0.6) is 0 Å². The molecule has 0 bridgehead atoms. The van der Waals surface area contributed by atoms with Gasteiger partial charge in [-0.1, -0.05) is 6.42 Å². The van der Waals surface area contributed by atoms with Gasteiger partial charge in [0.05, 0.1) is 4.90 Å². The molecule has 1 aromatic carbocycles. The smallest absolute Gasteiger partial charge is 0.243 e. The van der Waals surface area contributed by atoms with Gasteiger partial charge in [0.15, 0.2) is 0 Å². The lowest BCUT2D eigenvalue weighted by Crippen LogP contribution is -2.41. The molecule has 1 amide bonds. The van der Waals surface area contributed by atoms with Crippen molar-refractivity contribution >= 4 is 21.6 Å². The molecule has 0 aliphatic carbocycles. The number of piperidine rings is 1. The molecule has 0 saturated carbocycles. The topological polar surface area (TPSA) is 57.7 Å². The molecule has 5 nitrogen and oxygen atoms in total. The average Bonchev–Trinajstić information content (AvgIpc) is 2.67. The summed E-state index contributed by atoms with van der Waals surface area (Å²) in [5.74, 6) is 0.0870. The number of benzene rings is 1. The fourth-order valence-electron chi connectivity index (χ4n) is 3.55. The fraction of sp³-hybridized carbons (Fsp3) is 0.588. The minimum Gasteiger partial charge on any atom is -0.315 e. The van der Waals surface area contributed by atoms with E-state index in [2.05, 4.69) is 0 Å². The Balaban J connectivity index is 1.98. The molecule has 0 N–H and O–H groups in total. The summed E-state index contributed by atoms with van der Waals surface area (Å²) in [6.07, 6.45) is 4.94. The van der Waals surface area contributed by atoms with Gasteiger partial charge in [0.25, 0.3) is 0 Å². The molecule has 2 heterocycles. The number of rotatable bonds is 2. The van der Waals surface area contributed by atoms with Crippen LogP contribution in [0, 0.1) is 0 Å². The highest BCUT2D eigenvalue weighted by Gasteiger charge is 2.31. The first kappa shape index (κ1) is 16.5. The molecule has 2 aliphatic rings. The first-order chi connectivity index (χ1) is 10.9. The highest BCUT2D eigenvalue weighted by Crippen LogP contribution is 2.31. The highest BCUT2D eigenvalue weighted by atomic mass is 32.2. The van der Waals surface area contributed by atoms with Crippen LogP contribution in [0.1, 0.15) is 44.6 Å². The van der Waals surface area contributed by atoms with E-state index in [1.165, 1.54) is 0 Å². The molecule has 3 rings (SSSR count). The van der Waals surface area contributed by atoms with Crippen molar-refractivity contribution in [2.24, 2.45) is 0 Å². The first-order valence-corrected chi connectivity index (χ1v) is 9.76. The zero-order valence-electron chi connectivity index (χ0n) is 13.8. The summed E-state index contributed by atoms with van der Waals surface area (Å²) in [5, 5.41) is 0. The van der Waals surface area contributed by atoms with Gasteiger partial charge in [-0.3, -0.25) is 4.79 Å². The van der Waals surface area contributed by atoms with Crippen LogP contribution in [0.4, 0.5) is 5.69 Å². The van der Waals surface area contributed by atoms with Crippen LogP contribution in [-0.4, -0.2) is 38.3 Å². The molecular formula is C17H24N2O3S. The average molecular weight is 336 g/mol. The molecule has 1 aromatic rings. The maximum atomic E-state index is 13.0. The summed E-state index contributed by atoms with van der Waals surface area (Å²) in [7, 11) is -1.70. The molecule has 126 valence electrons. The van der Waals surface area contributed by atoms with Gasteiger partial charge in [0.1, 0.15) is 0 Å². The van der Waals surface area contributed by atoms with Crippen LogP contribution in [0.15, 0.2) is 23.1 Å². The largest absolute Gasteiger partial charge is 0.315 e. The molecule has 0 unspecified atom stereocenters. The molecule has 23 heavy (non-hydrogen) atoms. The Morgan fingerprint density at radius 1 is 1.13 bits per heavy atom. The maximum Gasteiger partial charge on any atom is 0.243 e. The second-order valence-corrected chi connectivity index (χ2v) is 8.45. The Hall–Kier alpha value is -1.40. The van der Waals surface area contributed by atoms with Crippen LogP contribution in [0.25, 0.3) is 0 Å². The summed E-state index contributed by atoms with van der Waals surface area (Å²) in [4.78, 5) is 13.9. The van der Waals surface area contributed by atoms with Gasteiger partial charge in [0, 0.05) is 31.7 Å². The van der Waals surface area contributed by atoms with Gasteiger partial charge in [-0.15, -0.1) is 0 Å². The number of hydrogen-bond donors (Lipinski definition) is 0. The van der Waals surface area contributed by atoms with Crippen LogP contribution in [-0.2, 0) is 21.2 Å². The van der Waals surface area contributed by atoms with Gasteiger partial charge in [0.2, 0.25) is 15.9 Å². The number of hydrogen-bond acceptors (Lipinski definition) is 3. The standard InChI is InChI=1S/C17H24N2O3S/c1-13-6-3-4-11-19(13)23(21,22)15-9-10-16-14(12-15)7-5-8-17(20)18(16)2/h9-10,12-13H,3-8,11H2,1-2H3/t13-/m1/s1. The Morgan fingerprint density at radius 3 is 2.65 bits per heavy atom. The van der Waals surface area contributed by atoms with Gasteiger partial charge in [-0.2, -0.15) is 4.31 Å². The third-order valence-electron chi connectivity index (χ3n) is 4.97. The molecule has 2 aliphatic heterocycles. The van der Waals surface area contributed by atoms with E-state index in [0.717, 1.165) is 43.4 Å². The molecule has 0 radical (unpaired) electrons. The Labute approximate surface area is 138 Å². The number of amides is 1. The summed E-state index contributed by atoms with van der Waals surface area (Å²) >= 11 is 0. The summed E-state index contributed by atoms with van der Waals surface area (Å²) in [6.45, 7) is 2.57. The van der Waals surface area contributed by atoms with Gasteiger partial charge < -0.3 is 4.90 Å². The highest BCUT2D eigenvalue weighted by molar-refractivity contribution is 7.89. The van der Waals surface area contributed by atoms with E-state index in [9.17, 15) is 13.2 Å². The van der Waals surface area contributed by atoms with Crippen molar-refractivity contribution in [3.63, 3.8) is 0 Å². The number of sulfonamides is 1. The summed E-state index contributed by atoms with van der Waals surface area (Å²) in [6, 6.07) is 5.24. The van der Waals surface area contributed by atoms with Crippen molar-refractivity contribution in [2.45, 2.75) is 56.4 Å². The molecule has 0 aromatic heterocycles. The quantitative estimate of drug-likeness (QED) is 0.834. The minimum absolute atomic E-state index is 0.0526. The lowest BCUT2D eigenvalue weighted by atomic mass is 10.1. The van der Waals surface area contributed by atoms with E-state index < -0.39 is 10.0 Å². The Kier molecular flexibility index (Phi) is 4.47. The minimum atomic E-state index is -3.46. The molecule has 1 atom stereocenters. The van der Waals surface area contributed by atoms with Crippen molar-refractivity contribution in [3.05, 3.63) is 23.8 Å². The molecule has 0 spiro atoms.